The van der Waals surface area contributed by atoms with E-state index in [1.807, 2.05) is 60.4 Å². The van der Waals surface area contributed by atoms with Crippen molar-refractivity contribution in [2.75, 3.05) is 6.54 Å². The summed E-state index contributed by atoms with van der Waals surface area (Å²) < 4.78 is 1.55. The zero-order chi connectivity index (χ0) is 18.4. The summed E-state index contributed by atoms with van der Waals surface area (Å²) in [6, 6.07) is 20.1. The first-order valence-corrected chi connectivity index (χ1v) is 9.52. The molecule has 1 heterocycles. The molecule has 5 heteroatoms. The molecular formula is C21H22N2O2S. The van der Waals surface area contributed by atoms with Crippen LogP contribution in [0.25, 0.3) is 0 Å². The van der Waals surface area contributed by atoms with E-state index in [1.54, 1.807) is 9.95 Å². The molecule has 0 radical (unpaired) electrons. The Morgan fingerprint density at radius 1 is 1.00 bits per heavy atom. The molecular weight excluding hydrogens is 344 g/mol. The van der Waals surface area contributed by atoms with E-state index >= 15 is 0 Å². The van der Waals surface area contributed by atoms with Gasteiger partial charge in [0.25, 0.3) is 0 Å². The summed E-state index contributed by atoms with van der Waals surface area (Å²) >= 11 is 1.14. The molecule has 0 saturated carbocycles. The lowest BCUT2D eigenvalue weighted by Gasteiger charge is -2.23. The molecule has 0 N–H and O–H groups in total. The minimum absolute atomic E-state index is 0.0339. The second-order valence-corrected chi connectivity index (χ2v) is 7.09. The van der Waals surface area contributed by atoms with Crippen LogP contribution in [0.1, 0.15) is 16.8 Å². The summed E-state index contributed by atoms with van der Waals surface area (Å²) in [6.45, 7) is 3.12. The van der Waals surface area contributed by atoms with Crippen LogP contribution in [0.5, 0.6) is 0 Å². The molecule has 0 fully saturated rings. The van der Waals surface area contributed by atoms with Crippen molar-refractivity contribution >= 4 is 17.2 Å². The average Bonchev–Trinajstić information content (AvgIpc) is 2.98. The summed E-state index contributed by atoms with van der Waals surface area (Å²) in [5, 5.41) is 1.79. The van der Waals surface area contributed by atoms with Crippen molar-refractivity contribution in [3.63, 3.8) is 0 Å². The first kappa shape index (κ1) is 18.1. The van der Waals surface area contributed by atoms with Gasteiger partial charge in [-0.25, -0.2) is 0 Å². The van der Waals surface area contributed by atoms with Gasteiger partial charge in [0.15, 0.2) is 0 Å². The van der Waals surface area contributed by atoms with Gasteiger partial charge in [0, 0.05) is 24.2 Å². The number of aromatic nitrogens is 1. The molecule has 0 saturated heterocycles. The smallest absolute Gasteiger partial charge is 0.307 e. The van der Waals surface area contributed by atoms with E-state index < -0.39 is 0 Å². The Morgan fingerprint density at radius 3 is 2.19 bits per heavy atom. The summed E-state index contributed by atoms with van der Waals surface area (Å²) in [4.78, 5) is 26.6. The topological polar surface area (TPSA) is 42.3 Å². The normalized spacial score (nSPS) is 10.7. The van der Waals surface area contributed by atoms with Gasteiger partial charge in [-0.2, -0.15) is 0 Å². The molecule has 0 bridgehead atoms. The van der Waals surface area contributed by atoms with Gasteiger partial charge in [0.1, 0.15) is 6.54 Å². The van der Waals surface area contributed by atoms with Crippen LogP contribution < -0.4 is 4.87 Å². The number of benzene rings is 2. The Kier molecular flexibility index (Phi) is 6.02. The van der Waals surface area contributed by atoms with Gasteiger partial charge >= 0.3 is 4.87 Å². The molecule has 134 valence electrons. The van der Waals surface area contributed by atoms with Crippen LogP contribution in [0.15, 0.2) is 70.8 Å². The first-order valence-electron chi connectivity index (χ1n) is 8.64. The predicted octanol–water partition coefficient (Wildman–Crippen LogP) is 3.49. The highest BCUT2D eigenvalue weighted by Gasteiger charge is 2.16. The highest BCUT2D eigenvalue weighted by molar-refractivity contribution is 7.07. The van der Waals surface area contributed by atoms with E-state index in [9.17, 15) is 9.59 Å². The number of hydrogen-bond donors (Lipinski definition) is 0. The molecule has 0 unspecified atom stereocenters. The SMILES string of the molecule is Cc1csc(=O)n1CC(=O)N(CCc1ccccc1)Cc1ccccc1. The molecule has 1 amide bonds. The number of nitrogens with zero attached hydrogens (tertiary/aromatic N) is 2. The van der Waals surface area contributed by atoms with Crippen molar-refractivity contribution in [1.82, 2.24) is 9.47 Å². The lowest BCUT2D eigenvalue weighted by Crippen LogP contribution is -2.36. The molecule has 0 aliphatic rings. The number of aryl methyl sites for hydroxylation is 1. The maximum absolute atomic E-state index is 12.9. The van der Waals surface area contributed by atoms with Crippen molar-refractivity contribution in [1.29, 1.82) is 0 Å². The zero-order valence-corrected chi connectivity index (χ0v) is 15.6. The van der Waals surface area contributed by atoms with Crippen LogP contribution in [0.3, 0.4) is 0 Å². The molecule has 1 aromatic heterocycles. The second kappa shape index (κ2) is 8.63. The van der Waals surface area contributed by atoms with E-state index in [1.165, 1.54) is 5.56 Å². The summed E-state index contributed by atoms with van der Waals surface area (Å²) in [5.74, 6) is -0.0339. The Bertz CT molecular complexity index is 901. The Labute approximate surface area is 157 Å². The van der Waals surface area contributed by atoms with Gasteiger partial charge < -0.3 is 4.90 Å². The third kappa shape index (κ3) is 4.70. The van der Waals surface area contributed by atoms with Gasteiger partial charge in [0.05, 0.1) is 0 Å². The van der Waals surface area contributed by atoms with Crippen LogP contribution in [-0.2, 0) is 24.3 Å². The monoisotopic (exact) mass is 366 g/mol. The molecule has 4 nitrogen and oxygen atoms in total. The van der Waals surface area contributed by atoms with Gasteiger partial charge in [-0.05, 0) is 24.5 Å². The van der Waals surface area contributed by atoms with Crippen molar-refractivity contribution in [2.24, 2.45) is 0 Å². The molecule has 0 spiro atoms. The highest BCUT2D eigenvalue weighted by atomic mass is 32.1. The minimum atomic E-state index is -0.0847. The Hall–Kier alpha value is -2.66. The number of thiazole rings is 1. The fourth-order valence-electron chi connectivity index (χ4n) is 2.84. The molecule has 0 aliphatic carbocycles. The van der Waals surface area contributed by atoms with E-state index in [2.05, 4.69) is 12.1 Å². The Balaban J connectivity index is 1.75. The summed E-state index contributed by atoms with van der Waals surface area (Å²) in [6.07, 6.45) is 0.789. The Morgan fingerprint density at radius 2 is 1.62 bits per heavy atom. The van der Waals surface area contributed by atoms with E-state index in [-0.39, 0.29) is 17.3 Å². The first-order chi connectivity index (χ1) is 12.6. The molecule has 26 heavy (non-hydrogen) atoms. The predicted molar refractivity (Wildman–Crippen MR) is 105 cm³/mol. The summed E-state index contributed by atoms with van der Waals surface area (Å²) in [5.41, 5.74) is 3.11. The van der Waals surface area contributed by atoms with Gasteiger partial charge in [0.2, 0.25) is 5.91 Å². The average molecular weight is 366 g/mol. The number of amides is 1. The fourth-order valence-corrected chi connectivity index (χ4v) is 3.57. The molecule has 3 aromatic rings. The van der Waals surface area contributed by atoms with Crippen LogP contribution >= 0.6 is 11.3 Å². The van der Waals surface area contributed by atoms with E-state index in [4.69, 9.17) is 0 Å². The molecule has 0 atom stereocenters. The highest BCUT2D eigenvalue weighted by Crippen LogP contribution is 2.09. The number of rotatable bonds is 7. The van der Waals surface area contributed by atoms with Crippen molar-refractivity contribution in [3.05, 3.63) is 92.5 Å². The van der Waals surface area contributed by atoms with Gasteiger partial charge in [-0.3, -0.25) is 14.2 Å². The second-order valence-electron chi connectivity index (χ2n) is 6.27. The van der Waals surface area contributed by atoms with Gasteiger partial charge in [-0.15, -0.1) is 0 Å². The van der Waals surface area contributed by atoms with Crippen LogP contribution in [-0.4, -0.2) is 21.9 Å². The van der Waals surface area contributed by atoms with E-state index in [0.717, 1.165) is 29.0 Å². The van der Waals surface area contributed by atoms with E-state index in [0.29, 0.717) is 13.1 Å². The lowest BCUT2D eigenvalue weighted by atomic mass is 10.1. The number of hydrogen-bond acceptors (Lipinski definition) is 3. The van der Waals surface area contributed by atoms with Crippen molar-refractivity contribution < 1.29 is 4.79 Å². The molecule has 2 aromatic carbocycles. The summed E-state index contributed by atoms with van der Waals surface area (Å²) in [7, 11) is 0. The number of carbonyl (C=O) groups excluding carboxylic acids is 1. The van der Waals surface area contributed by atoms with Crippen LogP contribution in [0.2, 0.25) is 0 Å². The molecule has 3 rings (SSSR count). The quantitative estimate of drug-likeness (QED) is 0.642. The zero-order valence-electron chi connectivity index (χ0n) is 14.8. The third-order valence-corrected chi connectivity index (χ3v) is 5.23. The number of carbonyl (C=O) groups is 1. The lowest BCUT2D eigenvalue weighted by molar-refractivity contribution is -0.132. The largest absolute Gasteiger partial charge is 0.336 e. The fraction of sp³-hybridized carbons (Fsp3) is 0.238. The maximum atomic E-state index is 12.9. The van der Waals surface area contributed by atoms with Crippen molar-refractivity contribution in [3.8, 4) is 0 Å². The molecule has 0 aliphatic heterocycles. The van der Waals surface area contributed by atoms with Gasteiger partial charge in [-0.1, -0.05) is 72.0 Å². The third-order valence-electron chi connectivity index (χ3n) is 4.35. The van der Waals surface area contributed by atoms with Crippen LogP contribution in [0.4, 0.5) is 0 Å². The minimum Gasteiger partial charge on any atom is -0.336 e. The maximum Gasteiger partial charge on any atom is 0.307 e. The van der Waals surface area contributed by atoms with Crippen LogP contribution in [0, 0.1) is 6.92 Å². The van der Waals surface area contributed by atoms with Crippen molar-refractivity contribution in [2.45, 2.75) is 26.4 Å². The standard InChI is InChI=1S/C21H22N2O2S/c1-17-16-26-21(25)23(17)15-20(24)22(14-19-10-6-3-7-11-19)13-12-18-8-4-2-5-9-18/h2-11,16H,12-15H2,1H3.